The van der Waals surface area contributed by atoms with Crippen LogP contribution in [0.25, 0.3) is 6.08 Å². The summed E-state index contributed by atoms with van der Waals surface area (Å²) in [6.45, 7) is 1.82. The van der Waals surface area contributed by atoms with Gasteiger partial charge in [-0.25, -0.2) is 4.79 Å². The van der Waals surface area contributed by atoms with Gasteiger partial charge in [-0.05, 0) is 102 Å². The summed E-state index contributed by atoms with van der Waals surface area (Å²) in [6.07, 6.45) is 1.44. The summed E-state index contributed by atoms with van der Waals surface area (Å²) in [5.41, 5.74) is 1.98. The normalized spacial score (nSPS) is 10.6. The van der Waals surface area contributed by atoms with Gasteiger partial charge in [-0.1, -0.05) is 12.1 Å². The number of halogens is 1. The summed E-state index contributed by atoms with van der Waals surface area (Å²) in [4.78, 5) is 36.3. The molecule has 9 heteroatoms. The first-order valence-corrected chi connectivity index (χ1v) is 11.9. The van der Waals surface area contributed by atoms with Gasteiger partial charge in [-0.15, -0.1) is 0 Å². The third-order valence-corrected chi connectivity index (χ3v) is 5.43. The monoisotopic (exact) mass is 595 g/mol. The molecule has 0 atom stereocenters. The van der Waals surface area contributed by atoms with E-state index in [1.807, 2.05) is 30.3 Å². The van der Waals surface area contributed by atoms with Gasteiger partial charge in [0.25, 0.3) is 11.8 Å². The smallest absolute Gasteiger partial charge is 0.338 e. The van der Waals surface area contributed by atoms with Crippen LogP contribution in [0.2, 0.25) is 0 Å². The van der Waals surface area contributed by atoms with Gasteiger partial charge in [0, 0.05) is 14.9 Å². The van der Waals surface area contributed by atoms with E-state index in [0.29, 0.717) is 28.3 Å². The molecule has 2 N–H and O–H groups in total. The van der Waals surface area contributed by atoms with Gasteiger partial charge < -0.3 is 20.1 Å². The predicted molar refractivity (Wildman–Crippen MR) is 144 cm³/mol. The van der Waals surface area contributed by atoms with E-state index in [2.05, 4.69) is 33.2 Å². The summed E-state index contributed by atoms with van der Waals surface area (Å²) < 4.78 is 11.5. The second kappa shape index (κ2) is 13.1. The van der Waals surface area contributed by atoms with E-state index in [1.54, 1.807) is 43.3 Å². The highest BCUT2D eigenvalue weighted by molar-refractivity contribution is 14.1. The van der Waals surface area contributed by atoms with Crippen LogP contribution in [0.4, 0.5) is 11.4 Å². The Balaban J connectivity index is 1.55. The number of esters is 1. The molecule has 0 aliphatic heterocycles. The van der Waals surface area contributed by atoms with Crippen molar-refractivity contribution >= 4 is 57.8 Å². The van der Waals surface area contributed by atoms with E-state index in [1.165, 1.54) is 18.2 Å². The van der Waals surface area contributed by atoms with E-state index in [-0.39, 0.29) is 24.7 Å². The molecule has 182 valence electrons. The van der Waals surface area contributed by atoms with Gasteiger partial charge in [-0.3, -0.25) is 9.59 Å². The zero-order chi connectivity index (χ0) is 25.9. The molecule has 36 heavy (non-hydrogen) atoms. The summed E-state index contributed by atoms with van der Waals surface area (Å²) in [6, 6.07) is 22.1. The standard InChI is InChI=1S/C27H22IN3O5/c1-2-35-27(34)19-5-9-23(10-6-19)31-26(33)20(16-29)15-18-3-13-24(14-4-18)36-17-25(32)30-22-11-7-21(28)8-12-22/h3-15H,2,17H2,1H3,(H,30,32)(H,31,33)/b20-15+. The van der Waals surface area contributed by atoms with Gasteiger partial charge >= 0.3 is 5.97 Å². The number of carbonyl (C=O) groups excluding carboxylic acids is 3. The molecule has 0 aromatic heterocycles. The van der Waals surface area contributed by atoms with Crippen molar-refractivity contribution < 1.29 is 23.9 Å². The van der Waals surface area contributed by atoms with E-state index >= 15 is 0 Å². The van der Waals surface area contributed by atoms with Crippen molar-refractivity contribution in [3.05, 3.63) is 93.1 Å². The quantitative estimate of drug-likeness (QED) is 0.155. The van der Waals surface area contributed by atoms with Crippen LogP contribution in [0.1, 0.15) is 22.8 Å². The molecule has 0 aliphatic rings. The Labute approximate surface area is 222 Å². The van der Waals surface area contributed by atoms with Crippen LogP contribution in [0.3, 0.4) is 0 Å². The maximum Gasteiger partial charge on any atom is 0.338 e. The van der Waals surface area contributed by atoms with Crippen molar-refractivity contribution in [2.24, 2.45) is 0 Å². The Bertz CT molecular complexity index is 1300. The number of amides is 2. The molecule has 3 aromatic carbocycles. The van der Waals surface area contributed by atoms with Gasteiger partial charge in [0.2, 0.25) is 0 Å². The number of anilines is 2. The molecule has 3 rings (SSSR count). The molecule has 0 unspecified atom stereocenters. The number of nitriles is 1. The van der Waals surface area contributed by atoms with Crippen LogP contribution in [-0.2, 0) is 14.3 Å². The van der Waals surface area contributed by atoms with E-state index in [9.17, 15) is 19.6 Å². The van der Waals surface area contributed by atoms with Crippen molar-refractivity contribution in [2.75, 3.05) is 23.8 Å². The largest absolute Gasteiger partial charge is 0.484 e. The fraction of sp³-hybridized carbons (Fsp3) is 0.111. The highest BCUT2D eigenvalue weighted by Crippen LogP contribution is 2.17. The third-order valence-electron chi connectivity index (χ3n) is 4.71. The average Bonchev–Trinajstić information content (AvgIpc) is 2.88. The molecule has 0 radical (unpaired) electrons. The zero-order valence-corrected chi connectivity index (χ0v) is 21.4. The topological polar surface area (TPSA) is 118 Å². The number of nitrogens with zero attached hydrogens (tertiary/aromatic N) is 1. The number of ether oxygens (including phenoxy) is 2. The predicted octanol–water partition coefficient (Wildman–Crippen LogP) is 5.03. The van der Waals surface area contributed by atoms with Crippen LogP contribution < -0.4 is 15.4 Å². The maximum atomic E-state index is 12.5. The number of rotatable bonds is 9. The average molecular weight is 595 g/mol. The first-order valence-electron chi connectivity index (χ1n) is 10.9. The SMILES string of the molecule is CCOC(=O)c1ccc(NC(=O)/C(C#N)=C/c2ccc(OCC(=O)Nc3ccc(I)cc3)cc2)cc1. The molecule has 0 bridgehead atoms. The molecule has 8 nitrogen and oxygen atoms in total. The lowest BCUT2D eigenvalue weighted by atomic mass is 10.1. The molecular weight excluding hydrogens is 573 g/mol. The minimum Gasteiger partial charge on any atom is -0.484 e. The van der Waals surface area contributed by atoms with Crippen molar-refractivity contribution in [2.45, 2.75) is 6.92 Å². The summed E-state index contributed by atoms with van der Waals surface area (Å²) >= 11 is 2.18. The van der Waals surface area contributed by atoms with Crippen molar-refractivity contribution in [1.82, 2.24) is 0 Å². The van der Waals surface area contributed by atoms with Gasteiger partial charge in [0.15, 0.2) is 6.61 Å². The number of carbonyl (C=O) groups is 3. The highest BCUT2D eigenvalue weighted by atomic mass is 127. The zero-order valence-electron chi connectivity index (χ0n) is 19.3. The Kier molecular flexibility index (Phi) is 9.59. The Morgan fingerprint density at radius 3 is 2.14 bits per heavy atom. The number of nitrogens with one attached hydrogen (secondary N) is 2. The van der Waals surface area contributed by atoms with Crippen molar-refractivity contribution in [3.8, 4) is 11.8 Å². The molecular formula is C27H22IN3O5. The fourth-order valence-corrected chi connectivity index (χ4v) is 3.32. The van der Waals surface area contributed by atoms with Gasteiger partial charge in [0.1, 0.15) is 17.4 Å². The summed E-state index contributed by atoms with van der Waals surface area (Å²) in [5, 5.41) is 14.8. The lowest BCUT2D eigenvalue weighted by Gasteiger charge is -2.08. The number of hydrogen-bond acceptors (Lipinski definition) is 6. The summed E-state index contributed by atoms with van der Waals surface area (Å²) in [5.74, 6) is -0.866. The number of benzene rings is 3. The molecule has 0 heterocycles. The van der Waals surface area contributed by atoms with Gasteiger partial charge in [-0.2, -0.15) is 5.26 Å². The second-order valence-corrected chi connectivity index (χ2v) is 8.58. The first-order chi connectivity index (χ1) is 17.4. The van der Waals surface area contributed by atoms with E-state index < -0.39 is 11.9 Å². The van der Waals surface area contributed by atoms with Gasteiger partial charge in [0.05, 0.1) is 12.2 Å². The minimum atomic E-state index is -0.589. The highest BCUT2D eigenvalue weighted by Gasteiger charge is 2.11. The Morgan fingerprint density at radius 1 is 0.917 bits per heavy atom. The van der Waals surface area contributed by atoms with Crippen LogP contribution in [0.5, 0.6) is 5.75 Å². The molecule has 2 amide bonds. The third kappa shape index (κ3) is 7.95. The Morgan fingerprint density at radius 2 is 1.53 bits per heavy atom. The van der Waals surface area contributed by atoms with Crippen LogP contribution in [-0.4, -0.2) is 31.0 Å². The van der Waals surface area contributed by atoms with Crippen molar-refractivity contribution in [3.63, 3.8) is 0 Å². The molecule has 3 aromatic rings. The lowest BCUT2D eigenvalue weighted by Crippen LogP contribution is -2.20. The molecule has 0 spiro atoms. The number of hydrogen-bond donors (Lipinski definition) is 2. The maximum absolute atomic E-state index is 12.5. The van der Waals surface area contributed by atoms with Crippen LogP contribution >= 0.6 is 22.6 Å². The second-order valence-electron chi connectivity index (χ2n) is 7.33. The van der Waals surface area contributed by atoms with E-state index in [0.717, 1.165) is 3.57 Å². The Hall–Kier alpha value is -4.17. The minimum absolute atomic E-state index is 0.102. The molecule has 0 fully saturated rings. The fourth-order valence-electron chi connectivity index (χ4n) is 2.96. The first kappa shape index (κ1) is 26.4. The lowest BCUT2D eigenvalue weighted by molar-refractivity contribution is -0.118. The van der Waals surface area contributed by atoms with E-state index in [4.69, 9.17) is 9.47 Å². The molecule has 0 saturated carbocycles. The summed E-state index contributed by atoms with van der Waals surface area (Å²) in [7, 11) is 0. The molecule has 0 aliphatic carbocycles. The van der Waals surface area contributed by atoms with Crippen molar-refractivity contribution in [1.29, 1.82) is 5.26 Å². The molecule has 0 saturated heterocycles. The van der Waals surface area contributed by atoms with Crippen LogP contribution in [0, 0.1) is 14.9 Å². The van der Waals surface area contributed by atoms with Crippen LogP contribution in [0.15, 0.2) is 78.4 Å².